The topological polar surface area (TPSA) is 169 Å². The molecule has 1 aliphatic rings. The average molecular weight is 426 g/mol. The van der Waals surface area contributed by atoms with Crippen molar-refractivity contribution < 1.29 is 37.5 Å². The molecule has 0 aliphatic carbocycles. The Kier molecular flexibility index (Phi) is 7.79. The van der Waals surface area contributed by atoms with Gasteiger partial charge in [-0.2, -0.15) is 8.42 Å². The molecule has 1 aliphatic heterocycles. The average Bonchev–Trinajstić information content (AvgIpc) is 2.97. The van der Waals surface area contributed by atoms with Crippen LogP contribution in [0.5, 0.6) is 0 Å². The quantitative estimate of drug-likeness (QED) is 0.452. The largest absolute Gasteiger partial charge is 0.394 e. The highest BCUT2D eigenvalue weighted by atomic mass is 32.2. The van der Waals surface area contributed by atoms with Crippen molar-refractivity contribution in [2.75, 3.05) is 6.61 Å². The number of ether oxygens (including phenoxy) is 1. The van der Waals surface area contributed by atoms with Crippen LogP contribution in [0.15, 0.2) is 53.7 Å². The zero-order valence-corrected chi connectivity index (χ0v) is 16.3. The van der Waals surface area contributed by atoms with E-state index in [1.165, 1.54) is 18.3 Å². The highest BCUT2D eigenvalue weighted by Gasteiger charge is 2.45. The normalized spacial score (nSPS) is 23.9. The van der Waals surface area contributed by atoms with Gasteiger partial charge in [0, 0.05) is 12.4 Å². The number of carbonyl (C=O) groups is 1. The van der Waals surface area contributed by atoms with Gasteiger partial charge in [0.25, 0.3) is 10.1 Å². The van der Waals surface area contributed by atoms with E-state index in [2.05, 4.69) is 4.98 Å². The fourth-order valence-corrected chi connectivity index (χ4v) is 3.33. The number of benzene rings is 1. The summed E-state index contributed by atoms with van der Waals surface area (Å²) in [5, 5.41) is 28.1. The number of pyridine rings is 1. The lowest BCUT2D eigenvalue weighted by atomic mass is 10.1. The van der Waals surface area contributed by atoms with Gasteiger partial charge in [-0.25, -0.2) is 4.18 Å². The van der Waals surface area contributed by atoms with E-state index >= 15 is 0 Å². The summed E-state index contributed by atoms with van der Waals surface area (Å²) in [6, 6.07) is 9.23. The Labute approximate surface area is 167 Å². The summed E-state index contributed by atoms with van der Waals surface area (Å²) in [6.07, 6.45) is -2.56. The number of aromatic nitrogens is 1. The van der Waals surface area contributed by atoms with E-state index in [0.29, 0.717) is 5.56 Å². The Hall–Kier alpha value is -2.41. The number of hydrogen-bond donors (Lipinski definition) is 4. The molecule has 1 aromatic carbocycles. The molecule has 1 saturated heterocycles. The number of amides is 1. The zero-order valence-electron chi connectivity index (χ0n) is 15.5. The molecule has 1 unspecified atom stereocenters. The van der Waals surface area contributed by atoms with Crippen LogP contribution < -0.4 is 5.73 Å². The fourth-order valence-electron chi connectivity index (χ4n) is 2.34. The van der Waals surface area contributed by atoms with Gasteiger partial charge in [-0.05, 0) is 31.2 Å². The molecule has 1 fully saturated rings. The van der Waals surface area contributed by atoms with E-state index in [-0.39, 0.29) is 4.90 Å². The second-order valence-corrected chi connectivity index (χ2v) is 7.75. The molecule has 3 rings (SSSR count). The van der Waals surface area contributed by atoms with E-state index in [1.807, 2.05) is 6.92 Å². The lowest BCUT2D eigenvalue weighted by Gasteiger charge is -2.15. The molecule has 0 radical (unpaired) electrons. The van der Waals surface area contributed by atoms with Gasteiger partial charge in [0.15, 0.2) is 0 Å². The minimum atomic E-state index is -4.13. The SMILES string of the molecule is Cc1ccc(S(=O)(=O)OC2O[C@H](CO)[C@@H](O)[C@H]2O)cc1.NC(=O)c1cccnc1. The molecule has 29 heavy (non-hydrogen) atoms. The number of primary amides is 1. The van der Waals surface area contributed by atoms with Crippen LogP contribution in [-0.4, -0.2) is 65.8 Å². The molecule has 5 N–H and O–H groups in total. The standard InChI is InChI=1S/C12H16O7S.C6H6N2O/c1-7-2-4-8(5-3-7)20(16,17)19-12-11(15)10(14)9(6-13)18-12;7-6(9)5-2-1-3-8-4-5/h2-5,9-15H,6H2,1H3;1-4H,(H2,7,9)/t9-,10-,11-,12?;/m1./s1. The van der Waals surface area contributed by atoms with Gasteiger partial charge in [0.1, 0.15) is 18.3 Å². The maximum absolute atomic E-state index is 12.0. The molecular weight excluding hydrogens is 404 g/mol. The van der Waals surface area contributed by atoms with Gasteiger partial charge < -0.3 is 25.8 Å². The molecule has 158 valence electrons. The summed E-state index contributed by atoms with van der Waals surface area (Å²) >= 11 is 0. The molecular formula is C18H22N2O8S. The third kappa shape index (κ3) is 6.03. The first-order valence-electron chi connectivity index (χ1n) is 8.48. The molecule has 2 aromatic rings. The van der Waals surface area contributed by atoms with Crippen LogP contribution in [-0.2, 0) is 19.0 Å². The smallest absolute Gasteiger partial charge is 0.299 e. The van der Waals surface area contributed by atoms with Crippen molar-refractivity contribution in [3.05, 3.63) is 59.9 Å². The second-order valence-electron chi connectivity index (χ2n) is 6.18. The zero-order chi connectivity index (χ0) is 21.6. The highest BCUT2D eigenvalue weighted by Crippen LogP contribution is 2.25. The Morgan fingerprint density at radius 1 is 1.21 bits per heavy atom. The number of hydrogen-bond acceptors (Lipinski definition) is 9. The first-order valence-corrected chi connectivity index (χ1v) is 9.88. The van der Waals surface area contributed by atoms with Gasteiger partial charge in [0.05, 0.1) is 17.1 Å². The van der Waals surface area contributed by atoms with Crippen LogP contribution in [0.1, 0.15) is 15.9 Å². The van der Waals surface area contributed by atoms with Crippen molar-refractivity contribution in [1.82, 2.24) is 4.98 Å². The number of aliphatic hydroxyl groups excluding tert-OH is 3. The van der Waals surface area contributed by atoms with Crippen LogP contribution in [0.4, 0.5) is 0 Å². The van der Waals surface area contributed by atoms with E-state index in [1.54, 1.807) is 30.5 Å². The maximum atomic E-state index is 12.0. The molecule has 0 saturated carbocycles. The first-order chi connectivity index (χ1) is 13.7. The summed E-state index contributed by atoms with van der Waals surface area (Å²) in [6.45, 7) is 1.26. The molecule has 4 atom stereocenters. The monoisotopic (exact) mass is 426 g/mol. The van der Waals surface area contributed by atoms with Gasteiger partial charge in [-0.15, -0.1) is 0 Å². The van der Waals surface area contributed by atoms with Crippen LogP contribution in [0.3, 0.4) is 0 Å². The lowest BCUT2D eigenvalue weighted by Crippen LogP contribution is -2.35. The molecule has 1 amide bonds. The summed E-state index contributed by atoms with van der Waals surface area (Å²) in [4.78, 5) is 14.0. The number of carbonyl (C=O) groups excluding carboxylic acids is 1. The summed E-state index contributed by atoms with van der Waals surface area (Å²) in [5.41, 5.74) is 6.26. The third-order valence-electron chi connectivity index (χ3n) is 3.98. The number of rotatable bonds is 5. The van der Waals surface area contributed by atoms with Gasteiger partial charge in [-0.1, -0.05) is 17.7 Å². The first kappa shape index (κ1) is 22.9. The van der Waals surface area contributed by atoms with Crippen molar-refractivity contribution in [2.24, 2.45) is 5.73 Å². The number of aryl methyl sites for hydroxylation is 1. The number of nitrogens with two attached hydrogens (primary N) is 1. The molecule has 10 nitrogen and oxygen atoms in total. The molecule has 0 bridgehead atoms. The second kappa shape index (κ2) is 9.87. The fraction of sp³-hybridized carbons (Fsp3) is 0.333. The molecule has 1 aromatic heterocycles. The predicted molar refractivity (Wildman–Crippen MR) is 100.0 cm³/mol. The highest BCUT2D eigenvalue weighted by molar-refractivity contribution is 7.86. The van der Waals surface area contributed by atoms with E-state index in [0.717, 1.165) is 5.56 Å². The third-order valence-corrected chi connectivity index (χ3v) is 5.27. The van der Waals surface area contributed by atoms with Crippen LogP contribution in [0, 0.1) is 6.92 Å². The van der Waals surface area contributed by atoms with Crippen molar-refractivity contribution in [3.8, 4) is 0 Å². The van der Waals surface area contributed by atoms with Crippen LogP contribution in [0.2, 0.25) is 0 Å². The van der Waals surface area contributed by atoms with Crippen LogP contribution in [0.25, 0.3) is 0 Å². The molecule has 11 heteroatoms. The van der Waals surface area contributed by atoms with Gasteiger partial charge >= 0.3 is 0 Å². The summed E-state index contributed by atoms with van der Waals surface area (Å²) in [5.74, 6) is -0.442. The maximum Gasteiger partial charge on any atom is 0.299 e. The Morgan fingerprint density at radius 2 is 1.86 bits per heavy atom. The van der Waals surface area contributed by atoms with Crippen molar-refractivity contribution in [1.29, 1.82) is 0 Å². The van der Waals surface area contributed by atoms with Crippen molar-refractivity contribution in [3.63, 3.8) is 0 Å². The Morgan fingerprint density at radius 3 is 2.31 bits per heavy atom. The van der Waals surface area contributed by atoms with Crippen molar-refractivity contribution >= 4 is 16.0 Å². The van der Waals surface area contributed by atoms with E-state index in [9.17, 15) is 23.4 Å². The minimum absolute atomic E-state index is 0.0826. The number of nitrogens with zero attached hydrogens (tertiary/aromatic N) is 1. The summed E-state index contributed by atoms with van der Waals surface area (Å²) < 4.78 is 33.7. The van der Waals surface area contributed by atoms with Gasteiger partial charge in [-0.3, -0.25) is 9.78 Å². The van der Waals surface area contributed by atoms with Crippen molar-refractivity contribution in [2.45, 2.75) is 36.4 Å². The summed E-state index contributed by atoms with van der Waals surface area (Å²) in [7, 11) is -4.13. The Bertz CT molecular complexity index is 905. The minimum Gasteiger partial charge on any atom is -0.394 e. The molecule has 0 spiro atoms. The molecule has 2 heterocycles. The number of aliphatic hydroxyl groups is 3. The Balaban J connectivity index is 0.000000278. The van der Waals surface area contributed by atoms with E-state index in [4.69, 9.17) is 19.8 Å². The predicted octanol–water partition coefficient (Wildman–Crippen LogP) is -0.680. The van der Waals surface area contributed by atoms with E-state index < -0.39 is 47.2 Å². The van der Waals surface area contributed by atoms with Crippen LogP contribution >= 0.6 is 0 Å². The van der Waals surface area contributed by atoms with Gasteiger partial charge in [0.2, 0.25) is 12.2 Å². The lowest BCUT2D eigenvalue weighted by molar-refractivity contribution is -0.113.